The molecule has 5 heteroatoms. The summed E-state index contributed by atoms with van der Waals surface area (Å²) in [6.45, 7) is 2.14. The highest BCUT2D eigenvalue weighted by Gasteiger charge is 2.06. The van der Waals surface area contributed by atoms with E-state index in [1.54, 1.807) is 0 Å². The minimum atomic E-state index is 0.112. The highest BCUT2D eigenvalue weighted by Crippen LogP contribution is 2.19. The third-order valence-corrected chi connectivity index (χ3v) is 2.64. The van der Waals surface area contributed by atoms with Crippen LogP contribution in [0.2, 0.25) is 10.6 Å². The molecule has 0 spiro atoms. The summed E-state index contributed by atoms with van der Waals surface area (Å²) in [4.78, 5) is 11.9. The maximum atomic E-state index is 5.75. The van der Waals surface area contributed by atoms with E-state index in [1.807, 2.05) is 18.2 Å². The first-order chi connectivity index (χ1) is 8.19. The Hall–Kier alpha value is -1.19. The lowest BCUT2D eigenvalue weighted by atomic mass is 10.1. The average Bonchev–Trinajstić information content (AvgIpc) is 2.28. The van der Waals surface area contributed by atoms with E-state index in [0.29, 0.717) is 5.82 Å². The van der Waals surface area contributed by atoms with Gasteiger partial charge in [-0.1, -0.05) is 31.5 Å². The first-order valence-corrected chi connectivity index (χ1v) is 6.11. The summed E-state index contributed by atoms with van der Waals surface area (Å²) in [6.07, 6.45) is 2.13. The zero-order chi connectivity index (χ0) is 12.3. The monoisotopic (exact) mass is 267 g/mol. The van der Waals surface area contributed by atoms with Gasteiger partial charge in [0.15, 0.2) is 5.82 Å². The molecular formula is C12H11Cl2N3. The van der Waals surface area contributed by atoms with Gasteiger partial charge in [-0.15, -0.1) is 0 Å². The molecule has 0 radical (unpaired) electrons. The summed E-state index contributed by atoms with van der Waals surface area (Å²) in [5, 5.41) is 0.224. The van der Waals surface area contributed by atoms with E-state index in [4.69, 9.17) is 23.2 Å². The van der Waals surface area contributed by atoms with E-state index in [0.717, 1.165) is 18.4 Å². The SMILES string of the molecule is CCCc1cccc(-c2nc(Cl)nc(Cl)n2)c1. The number of benzene rings is 1. The first-order valence-electron chi connectivity index (χ1n) is 5.35. The number of aromatic nitrogens is 3. The molecule has 0 aliphatic heterocycles. The van der Waals surface area contributed by atoms with Crippen molar-refractivity contribution in [3.05, 3.63) is 40.4 Å². The van der Waals surface area contributed by atoms with Crippen LogP contribution in [0, 0.1) is 0 Å². The molecule has 0 unspecified atom stereocenters. The molecule has 0 bridgehead atoms. The Kier molecular flexibility index (Phi) is 3.92. The topological polar surface area (TPSA) is 38.7 Å². The molecule has 0 saturated heterocycles. The van der Waals surface area contributed by atoms with Crippen LogP contribution in [-0.4, -0.2) is 15.0 Å². The van der Waals surface area contributed by atoms with Gasteiger partial charge in [0, 0.05) is 5.56 Å². The molecule has 2 rings (SSSR count). The van der Waals surface area contributed by atoms with Gasteiger partial charge in [-0.3, -0.25) is 0 Å². The Balaban J connectivity index is 2.41. The molecule has 0 N–H and O–H groups in total. The van der Waals surface area contributed by atoms with Gasteiger partial charge < -0.3 is 0 Å². The van der Waals surface area contributed by atoms with Crippen LogP contribution in [-0.2, 0) is 6.42 Å². The van der Waals surface area contributed by atoms with Crippen LogP contribution in [0.15, 0.2) is 24.3 Å². The van der Waals surface area contributed by atoms with E-state index >= 15 is 0 Å². The fraction of sp³-hybridized carbons (Fsp3) is 0.250. The van der Waals surface area contributed by atoms with E-state index < -0.39 is 0 Å². The van der Waals surface area contributed by atoms with E-state index in [-0.39, 0.29) is 10.6 Å². The highest BCUT2D eigenvalue weighted by atomic mass is 35.5. The molecule has 0 fully saturated rings. The van der Waals surface area contributed by atoms with Crippen LogP contribution in [0.3, 0.4) is 0 Å². The zero-order valence-corrected chi connectivity index (χ0v) is 10.8. The minimum Gasteiger partial charge on any atom is -0.198 e. The second-order valence-electron chi connectivity index (χ2n) is 3.65. The van der Waals surface area contributed by atoms with Gasteiger partial charge in [0.1, 0.15) is 0 Å². The molecule has 0 saturated carbocycles. The van der Waals surface area contributed by atoms with Gasteiger partial charge in [0.05, 0.1) is 0 Å². The Bertz CT molecular complexity index is 509. The Morgan fingerprint density at radius 1 is 1.06 bits per heavy atom. The molecule has 1 heterocycles. The predicted molar refractivity (Wildman–Crippen MR) is 69.3 cm³/mol. The second-order valence-corrected chi connectivity index (χ2v) is 4.32. The summed E-state index contributed by atoms with van der Waals surface area (Å²) >= 11 is 11.5. The van der Waals surface area contributed by atoms with Crippen LogP contribution < -0.4 is 0 Å². The molecule has 1 aromatic heterocycles. The standard InChI is InChI=1S/C12H11Cl2N3/c1-2-4-8-5-3-6-9(7-8)10-15-11(13)17-12(14)16-10/h3,5-7H,2,4H2,1H3. The molecule has 0 atom stereocenters. The lowest BCUT2D eigenvalue weighted by molar-refractivity contribution is 0.921. The number of halogens is 2. The lowest BCUT2D eigenvalue weighted by Gasteiger charge is -2.03. The minimum absolute atomic E-state index is 0.112. The summed E-state index contributed by atoms with van der Waals surface area (Å²) in [5.41, 5.74) is 2.15. The molecule has 88 valence electrons. The number of aryl methyl sites for hydroxylation is 1. The summed E-state index contributed by atoms with van der Waals surface area (Å²) in [5.74, 6) is 0.507. The molecule has 0 amide bonds. The molecule has 1 aromatic carbocycles. The second kappa shape index (κ2) is 5.43. The van der Waals surface area contributed by atoms with Gasteiger partial charge in [0.25, 0.3) is 0 Å². The van der Waals surface area contributed by atoms with E-state index in [2.05, 4.69) is 27.9 Å². The lowest BCUT2D eigenvalue weighted by Crippen LogP contribution is -1.94. The predicted octanol–water partition coefficient (Wildman–Crippen LogP) is 3.80. The van der Waals surface area contributed by atoms with Crippen molar-refractivity contribution in [2.75, 3.05) is 0 Å². The summed E-state index contributed by atoms with van der Waals surface area (Å²) < 4.78 is 0. The quantitative estimate of drug-likeness (QED) is 0.849. The molecule has 2 aromatic rings. The van der Waals surface area contributed by atoms with Gasteiger partial charge in [-0.25, -0.2) is 0 Å². The maximum absolute atomic E-state index is 5.75. The van der Waals surface area contributed by atoms with E-state index in [9.17, 15) is 0 Å². The van der Waals surface area contributed by atoms with Crippen molar-refractivity contribution in [2.24, 2.45) is 0 Å². The van der Waals surface area contributed by atoms with Crippen LogP contribution in [0.5, 0.6) is 0 Å². The van der Waals surface area contributed by atoms with Crippen molar-refractivity contribution in [2.45, 2.75) is 19.8 Å². The normalized spacial score (nSPS) is 10.5. The number of hydrogen-bond donors (Lipinski definition) is 0. The largest absolute Gasteiger partial charge is 0.227 e. The summed E-state index contributed by atoms with van der Waals surface area (Å²) in [7, 11) is 0. The van der Waals surface area contributed by atoms with Crippen molar-refractivity contribution < 1.29 is 0 Å². The molecule has 0 aliphatic rings. The van der Waals surface area contributed by atoms with Crippen LogP contribution in [0.1, 0.15) is 18.9 Å². The summed E-state index contributed by atoms with van der Waals surface area (Å²) in [6, 6.07) is 8.04. The molecular weight excluding hydrogens is 257 g/mol. The van der Waals surface area contributed by atoms with E-state index in [1.165, 1.54) is 5.56 Å². The smallest absolute Gasteiger partial charge is 0.198 e. The number of rotatable bonds is 3. The molecule has 17 heavy (non-hydrogen) atoms. The van der Waals surface area contributed by atoms with Gasteiger partial charge >= 0.3 is 0 Å². The fourth-order valence-corrected chi connectivity index (χ4v) is 1.97. The fourth-order valence-electron chi connectivity index (χ4n) is 1.61. The first kappa shape index (κ1) is 12.3. The Morgan fingerprint density at radius 3 is 2.41 bits per heavy atom. The zero-order valence-electron chi connectivity index (χ0n) is 9.32. The Morgan fingerprint density at radius 2 is 1.76 bits per heavy atom. The highest BCUT2D eigenvalue weighted by molar-refractivity contribution is 6.31. The third kappa shape index (κ3) is 3.14. The van der Waals surface area contributed by atoms with Crippen molar-refractivity contribution in [1.82, 2.24) is 15.0 Å². The Labute approximate surface area is 110 Å². The third-order valence-electron chi connectivity index (χ3n) is 2.30. The number of nitrogens with zero attached hydrogens (tertiary/aromatic N) is 3. The molecule has 0 aliphatic carbocycles. The number of hydrogen-bond acceptors (Lipinski definition) is 3. The maximum Gasteiger partial charge on any atom is 0.227 e. The van der Waals surface area contributed by atoms with Crippen molar-refractivity contribution in [3.63, 3.8) is 0 Å². The van der Waals surface area contributed by atoms with Gasteiger partial charge in [0.2, 0.25) is 10.6 Å². The van der Waals surface area contributed by atoms with Crippen LogP contribution >= 0.6 is 23.2 Å². The van der Waals surface area contributed by atoms with Crippen LogP contribution in [0.25, 0.3) is 11.4 Å². The van der Waals surface area contributed by atoms with Crippen molar-refractivity contribution in [3.8, 4) is 11.4 Å². The van der Waals surface area contributed by atoms with Gasteiger partial charge in [-0.05, 0) is 41.3 Å². The van der Waals surface area contributed by atoms with Crippen molar-refractivity contribution >= 4 is 23.2 Å². The van der Waals surface area contributed by atoms with Crippen molar-refractivity contribution in [1.29, 1.82) is 0 Å². The molecule has 3 nitrogen and oxygen atoms in total. The van der Waals surface area contributed by atoms with Crippen LogP contribution in [0.4, 0.5) is 0 Å². The average molecular weight is 268 g/mol. The van der Waals surface area contributed by atoms with Gasteiger partial charge in [-0.2, -0.15) is 15.0 Å².